The van der Waals surface area contributed by atoms with Crippen molar-refractivity contribution in [2.24, 2.45) is 4.99 Å². The van der Waals surface area contributed by atoms with Crippen LogP contribution in [0.4, 0.5) is 0 Å². The summed E-state index contributed by atoms with van der Waals surface area (Å²) in [6.45, 7) is 7.84. The number of allylic oxidation sites excluding steroid dienone is 1. The lowest BCUT2D eigenvalue weighted by Gasteiger charge is -1.96. The lowest BCUT2D eigenvalue weighted by molar-refractivity contribution is 0.552. The molecular formula is C17H20N4O. The number of hydrogen-bond acceptors (Lipinski definition) is 5. The molecule has 0 unspecified atom stereocenters. The van der Waals surface area contributed by atoms with Crippen LogP contribution in [0.1, 0.15) is 45.6 Å². The number of benzene rings is 1. The quantitative estimate of drug-likeness (QED) is 0.780. The second-order valence-corrected chi connectivity index (χ2v) is 3.99. The van der Waals surface area contributed by atoms with Crippen molar-refractivity contribution in [2.75, 3.05) is 0 Å². The zero-order valence-electron chi connectivity index (χ0n) is 13.4. The maximum Gasteiger partial charge on any atom is 0.266 e. The van der Waals surface area contributed by atoms with Crippen LogP contribution >= 0.6 is 0 Å². The molecule has 0 saturated heterocycles. The monoisotopic (exact) mass is 296 g/mol. The molecule has 114 valence electrons. The average molecular weight is 296 g/mol. The van der Waals surface area contributed by atoms with E-state index in [1.807, 2.05) is 39.8 Å². The van der Waals surface area contributed by atoms with Crippen LogP contribution < -0.4 is 0 Å². The number of aliphatic imine (C=N–C) groups is 1. The molecule has 0 atom stereocenters. The van der Waals surface area contributed by atoms with Gasteiger partial charge in [0.25, 0.3) is 5.89 Å². The van der Waals surface area contributed by atoms with E-state index < -0.39 is 0 Å². The van der Waals surface area contributed by atoms with E-state index in [0.29, 0.717) is 23.0 Å². The summed E-state index contributed by atoms with van der Waals surface area (Å²) in [5, 5.41) is 16.9. The van der Waals surface area contributed by atoms with Crippen LogP contribution in [-0.4, -0.2) is 16.4 Å². The number of rotatable bonds is 4. The first-order chi connectivity index (χ1) is 10.8. The molecule has 2 rings (SSSR count). The highest BCUT2D eigenvalue weighted by molar-refractivity contribution is 5.69. The number of hydrogen-bond donors (Lipinski definition) is 0. The van der Waals surface area contributed by atoms with E-state index in [9.17, 15) is 0 Å². The van der Waals surface area contributed by atoms with Gasteiger partial charge in [-0.1, -0.05) is 32.9 Å². The van der Waals surface area contributed by atoms with E-state index in [1.165, 1.54) is 0 Å². The summed E-state index contributed by atoms with van der Waals surface area (Å²) < 4.78 is 5.62. The number of nitriles is 1. The van der Waals surface area contributed by atoms with Gasteiger partial charge in [0.15, 0.2) is 0 Å². The van der Waals surface area contributed by atoms with Crippen LogP contribution in [0, 0.1) is 11.3 Å². The van der Waals surface area contributed by atoms with Crippen LogP contribution in [0.15, 0.2) is 39.8 Å². The van der Waals surface area contributed by atoms with Crippen LogP contribution in [0.2, 0.25) is 0 Å². The van der Waals surface area contributed by atoms with Gasteiger partial charge in [-0.3, -0.25) is 4.99 Å². The Morgan fingerprint density at radius 2 is 2.14 bits per heavy atom. The van der Waals surface area contributed by atoms with Gasteiger partial charge in [-0.2, -0.15) is 5.26 Å². The third-order valence-electron chi connectivity index (χ3n) is 2.55. The van der Waals surface area contributed by atoms with Crippen molar-refractivity contribution in [1.82, 2.24) is 10.2 Å². The van der Waals surface area contributed by atoms with Gasteiger partial charge in [-0.05, 0) is 31.5 Å². The number of aromatic nitrogens is 2. The second-order valence-electron chi connectivity index (χ2n) is 3.99. The standard InChI is InChI=1S/C15H14N4O.C2H6/c1-3-6-13(17-4-2)15-19-18-14(20-15)12-8-5-7-11(9-12)10-16;1-2/h4-9H,3H2,1-2H3;1-2H3/b13-6-,17-4?;. The molecule has 5 heteroatoms. The average Bonchev–Trinajstić information content (AvgIpc) is 3.06. The van der Waals surface area contributed by atoms with Crippen molar-refractivity contribution >= 4 is 11.9 Å². The molecule has 0 bridgehead atoms. The fraction of sp³-hybridized carbons (Fsp3) is 0.294. The normalized spacial score (nSPS) is 11.0. The molecule has 0 aliphatic rings. The Morgan fingerprint density at radius 3 is 2.77 bits per heavy atom. The molecule has 0 fully saturated rings. The first-order valence-electron chi connectivity index (χ1n) is 7.31. The lowest BCUT2D eigenvalue weighted by Crippen LogP contribution is -1.81. The highest BCUT2D eigenvalue weighted by atomic mass is 16.4. The summed E-state index contributed by atoms with van der Waals surface area (Å²) in [7, 11) is 0. The van der Waals surface area contributed by atoms with E-state index in [4.69, 9.17) is 9.68 Å². The first-order valence-corrected chi connectivity index (χ1v) is 7.31. The zero-order valence-corrected chi connectivity index (χ0v) is 13.4. The zero-order chi connectivity index (χ0) is 16.4. The van der Waals surface area contributed by atoms with Crippen LogP contribution in [0.3, 0.4) is 0 Å². The first kappa shape index (κ1) is 17.3. The Hall–Kier alpha value is -2.74. The van der Waals surface area contributed by atoms with Gasteiger partial charge in [0, 0.05) is 11.8 Å². The molecular weight excluding hydrogens is 276 g/mol. The van der Waals surface area contributed by atoms with Gasteiger partial charge in [0.05, 0.1) is 11.6 Å². The minimum absolute atomic E-state index is 0.377. The van der Waals surface area contributed by atoms with E-state index in [0.717, 1.165) is 12.0 Å². The van der Waals surface area contributed by atoms with Gasteiger partial charge in [-0.15, -0.1) is 10.2 Å². The fourth-order valence-corrected chi connectivity index (χ4v) is 1.69. The molecule has 0 aliphatic carbocycles. The second kappa shape index (κ2) is 9.24. The van der Waals surface area contributed by atoms with Gasteiger partial charge < -0.3 is 4.42 Å². The molecule has 1 heterocycles. The molecule has 22 heavy (non-hydrogen) atoms. The predicted octanol–water partition coefficient (Wildman–Crippen LogP) is 4.48. The highest BCUT2D eigenvalue weighted by Crippen LogP contribution is 2.22. The summed E-state index contributed by atoms with van der Waals surface area (Å²) in [6, 6.07) is 9.13. The van der Waals surface area contributed by atoms with Crippen LogP contribution in [-0.2, 0) is 0 Å². The van der Waals surface area contributed by atoms with Crippen LogP contribution in [0.25, 0.3) is 17.2 Å². The maximum absolute atomic E-state index is 8.90. The molecule has 5 nitrogen and oxygen atoms in total. The third-order valence-corrected chi connectivity index (χ3v) is 2.55. The third kappa shape index (κ3) is 4.38. The van der Waals surface area contributed by atoms with E-state index in [1.54, 1.807) is 24.4 Å². The van der Waals surface area contributed by atoms with E-state index >= 15 is 0 Å². The lowest BCUT2D eigenvalue weighted by atomic mass is 10.1. The minimum Gasteiger partial charge on any atom is -0.415 e. The van der Waals surface area contributed by atoms with Gasteiger partial charge in [0.1, 0.15) is 5.70 Å². The molecule has 1 aromatic heterocycles. The summed E-state index contributed by atoms with van der Waals surface area (Å²) in [5.74, 6) is 0.757. The molecule has 0 N–H and O–H groups in total. The molecule has 0 saturated carbocycles. The largest absolute Gasteiger partial charge is 0.415 e. The van der Waals surface area contributed by atoms with Crippen molar-refractivity contribution in [3.05, 3.63) is 41.8 Å². The summed E-state index contributed by atoms with van der Waals surface area (Å²) >= 11 is 0. The molecule has 0 amide bonds. The molecule has 1 aromatic carbocycles. The summed E-state index contributed by atoms with van der Waals surface area (Å²) in [5.41, 5.74) is 1.93. The predicted molar refractivity (Wildman–Crippen MR) is 88.2 cm³/mol. The van der Waals surface area contributed by atoms with Crippen molar-refractivity contribution in [3.8, 4) is 17.5 Å². The Morgan fingerprint density at radius 1 is 1.36 bits per heavy atom. The molecule has 0 spiro atoms. The van der Waals surface area contributed by atoms with Crippen molar-refractivity contribution in [1.29, 1.82) is 5.26 Å². The maximum atomic E-state index is 8.90. The van der Waals surface area contributed by atoms with Crippen molar-refractivity contribution in [2.45, 2.75) is 34.1 Å². The van der Waals surface area contributed by atoms with Gasteiger partial charge in [0.2, 0.25) is 5.89 Å². The van der Waals surface area contributed by atoms with Crippen molar-refractivity contribution < 1.29 is 4.42 Å². The highest BCUT2D eigenvalue weighted by Gasteiger charge is 2.11. The number of nitrogens with zero attached hydrogens (tertiary/aromatic N) is 4. The van der Waals surface area contributed by atoms with Gasteiger partial charge >= 0.3 is 0 Å². The molecule has 0 aliphatic heterocycles. The Kier molecular flexibility index (Phi) is 7.27. The fourth-order valence-electron chi connectivity index (χ4n) is 1.69. The topological polar surface area (TPSA) is 75.1 Å². The smallest absolute Gasteiger partial charge is 0.266 e. The minimum atomic E-state index is 0.377. The van der Waals surface area contributed by atoms with Crippen molar-refractivity contribution in [3.63, 3.8) is 0 Å². The Balaban J connectivity index is 0.00000116. The summed E-state index contributed by atoms with van der Waals surface area (Å²) in [6.07, 6.45) is 4.43. The molecule has 0 radical (unpaired) electrons. The van der Waals surface area contributed by atoms with Crippen LogP contribution in [0.5, 0.6) is 0 Å². The summed E-state index contributed by atoms with van der Waals surface area (Å²) in [4.78, 5) is 4.21. The van der Waals surface area contributed by atoms with E-state index in [2.05, 4.69) is 21.3 Å². The SMILES string of the molecule is CC.CC=N/C(=C\CC)c1nnc(-c2cccc(C#N)c2)o1. The Bertz CT molecular complexity index is 693. The van der Waals surface area contributed by atoms with E-state index in [-0.39, 0.29) is 0 Å². The Labute approximate surface area is 131 Å². The molecule has 2 aromatic rings. The van der Waals surface area contributed by atoms with Gasteiger partial charge in [-0.25, -0.2) is 0 Å².